The van der Waals surface area contributed by atoms with Crippen molar-refractivity contribution in [2.75, 3.05) is 18.6 Å². The van der Waals surface area contributed by atoms with Gasteiger partial charge < -0.3 is 44.0 Å². The Morgan fingerprint density at radius 2 is 1.51 bits per heavy atom. The Morgan fingerprint density at radius 3 is 2.00 bits per heavy atom. The van der Waals surface area contributed by atoms with Crippen molar-refractivity contribution >= 4 is 47.3 Å². The number of hydrogen-bond donors (Lipinski definition) is 8. The fourth-order valence-electron chi connectivity index (χ4n) is 2.89. The van der Waals surface area contributed by atoms with Crippen LogP contribution in [0.2, 0.25) is 0 Å². The monoisotopic (exact) mass is 518 g/mol. The van der Waals surface area contributed by atoms with Gasteiger partial charge in [0, 0.05) is 6.54 Å². The van der Waals surface area contributed by atoms with Crippen LogP contribution in [-0.4, -0.2) is 83.4 Å². The minimum absolute atomic E-state index is 0.0649. The summed E-state index contributed by atoms with van der Waals surface area (Å²) >= 11 is 1.46. The molecule has 0 spiro atoms. The molecule has 0 bridgehead atoms. The molecular weight excluding hydrogens is 480 g/mol. The normalized spacial score (nSPS) is 14.2. The summed E-state index contributed by atoms with van der Waals surface area (Å²) in [7, 11) is 0. The molecule has 4 amide bonds. The van der Waals surface area contributed by atoms with Gasteiger partial charge in [-0.05, 0) is 37.2 Å². The maximum Gasteiger partial charge on any atom is 0.326 e. The summed E-state index contributed by atoms with van der Waals surface area (Å²) in [6, 6.07) is -4.54. The molecule has 35 heavy (non-hydrogen) atoms. The van der Waals surface area contributed by atoms with Crippen LogP contribution in [0, 0.1) is 5.92 Å². The van der Waals surface area contributed by atoms with Crippen LogP contribution in [0.5, 0.6) is 0 Å². The highest BCUT2D eigenvalue weighted by atomic mass is 32.2. The van der Waals surface area contributed by atoms with Crippen LogP contribution < -0.4 is 38.9 Å². The van der Waals surface area contributed by atoms with Gasteiger partial charge in [0.15, 0.2) is 5.96 Å². The summed E-state index contributed by atoms with van der Waals surface area (Å²) in [4.78, 5) is 64.4. The van der Waals surface area contributed by atoms with E-state index in [-0.39, 0.29) is 18.8 Å². The Hall–Kier alpha value is -3.07. The Morgan fingerprint density at radius 1 is 0.914 bits per heavy atom. The van der Waals surface area contributed by atoms with Gasteiger partial charge in [-0.25, -0.2) is 4.79 Å². The number of carboxylic acid groups (broad SMARTS) is 1. The van der Waals surface area contributed by atoms with Crippen LogP contribution in [0.4, 0.5) is 0 Å². The third-order valence-electron chi connectivity index (χ3n) is 4.81. The number of rotatable bonds is 17. The number of hydrogen-bond acceptors (Lipinski definition) is 8. The molecule has 14 nitrogen and oxygen atoms in total. The Balaban J connectivity index is 5.30. The van der Waals surface area contributed by atoms with Gasteiger partial charge in [-0.1, -0.05) is 13.8 Å². The van der Waals surface area contributed by atoms with Crippen LogP contribution in [0.3, 0.4) is 0 Å². The molecule has 0 aromatic carbocycles. The summed E-state index contributed by atoms with van der Waals surface area (Å²) in [6.45, 7) is 3.60. The summed E-state index contributed by atoms with van der Waals surface area (Å²) in [6.07, 6.45) is 2.24. The minimum Gasteiger partial charge on any atom is -0.480 e. The number of amides is 4. The van der Waals surface area contributed by atoms with Crippen molar-refractivity contribution in [3.05, 3.63) is 0 Å². The third-order valence-corrected chi connectivity index (χ3v) is 5.46. The average Bonchev–Trinajstić information content (AvgIpc) is 2.75. The Bertz CT molecular complexity index is 775. The van der Waals surface area contributed by atoms with E-state index in [0.717, 1.165) is 0 Å². The average molecular weight is 519 g/mol. The van der Waals surface area contributed by atoms with E-state index in [4.69, 9.17) is 22.9 Å². The highest BCUT2D eigenvalue weighted by Crippen LogP contribution is 2.08. The zero-order chi connectivity index (χ0) is 27.1. The number of aliphatic carboxylic acids is 1. The van der Waals surface area contributed by atoms with E-state index in [1.165, 1.54) is 11.8 Å². The van der Waals surface area contributed by atoms with E-state index in [0.29, 0.717) is 18.7 Å². The number of thioether (sulfide) groups is 1. The number of aliphatic imine (C=N–C) groups is 1. The van der Waals surface area contributed by atoms with Crippen LogP contribution in [0.25, 0.3) is 0 Å². The van der Waals surface area contributed by atoms with Gasteiger partial charge in [-0.3, -0.25) is 24.2 Å². The summed E-state index contributed by atoms with van der Waals surface area (Å²) in [5, 5.41) is 16.6. The Labute approximate surface area is 208 Å². The number of nitrogens with one attached hydrogen (secondary N) is 3. The lowest BCUT2D eigenvalue weighted by Crippen LogP contribution is -2.58. The first kappa shape index (κ1) is 31.9. The van der Waals surface area contributed by atoms with Gasteiger partial charge in [0.1, 0.15) is 18.1 Å². The van der Waals surface area contributed by atoms with Crippen molar-refractivity contribution in [1.82, 2.24) is 16.0 Å². The molecule has 0 saturated heterocycles. The quantitative estimate of drug-likeness (QED) is 0.0556. The number of nitrogens with zero attached hydrogens (tertiary/aromatic N) is 1. The van der Waals surface area contributed by atoms with Crippen LogP contribution in [-0.2, 0) is 24.0 Å². The maximum atomic E-state index is 13.0. The molecule has 0 aromatic rings. The number of carbonyl (C=O) groups is 5. The molecule has 0 aliphatic heterocycles. The maximum absolute atomic E-state index is 13.0. The summed E-state index contributed by atoms with van der Waals surface area (Å²) < 4.78 is 0. The van der Waals surface area contributed by atoms with Gasteiger partial charge in [0.2, 0.25) is 23.6 Å². The molecule has 0 aromatic heterocycles. The topological polar surface area (TPSA) is 258 Å². The first-order valence-corrected chi connectivity index (χ1v) is 12.4. The zero-order valence-corrected chi connectivity index (χ0v) is 21.1. The van der Waals surface area contributed by atoms with Gasteiger partial charge in [0.25, 0.3) is 0 Å². The van der Waals surface area contributed by atoms with Crippen LogP contribution >= 0.6 is 11.8 Å². The highest BCUT2D eigenvalue weighted by molar-refractivity contribution is 7.98. The van der Waals surface area contributed by atoms with Gasteiger partial charge >= 0.3 is 5.97 Å². The highest BCUT2D eigenvalue weighted by Gasteiger charge is 2.32. The Kier molecular flexibility index (Phi) is 15.1. The summed E-state index contributed by atoms with van der Waals surface area (Å²) in [5.74, 6) is -4.28. The van der Waals surface area contributed by atoms with E-state index in [2.05, 4.69) is 20.9 Å². The molecule has 4 atom stereocenters. The first-order valence-electron chi connectivity index (χ1n) is 11.0. The molecule has 0 saturated carbocycles. The van der Waals surface area contributed by atoms with E-state index in [1.807, 2.05) is 6.26 Å². The molecule has 0 aliphatic carbocycles. The van der Waals surface area contributed by atoms with E-state index in [9.17, 15) is 29.1 Å². The standard InChI is InChI=1S/C20H38N8O6S/c1-10(2)15(18(32)27-13(19(33)34)9-14(22)29)28-17(31)12(6-8-35-3)26-16(30)11(21)5-4-7-25-20(23)24/h10-13,15H,4-9,21H2,1-3H3,(H2,22,29)(H,26,30)(H,27,32)(H,28,31)(H,33,34)(H4,23,24,25). The van der Waals surface area contributed by atoms with Gasteiger partial charge in [-0.2, -0.15) is 11.8 Å². The second kappa shape index (κ2) is 16.5. The molecule has 0 fully saturated rings. The molecule has 12 N–H and O–H groups in total. The van der Waals surface area contributed by atoms with Crippen molar-refractivity contribution in [2.24, 2.45) is 33.8 Å². The second-order valence-electron chi connectivity index (χ2n) is 8.20. The predicted octanol–water partition coefficient (Wildman–Crippen LogP) is -2.81. The third kappa shape index (κ3) is 13.4. The molecule has 15 heteroatoms. The molecule has 0 rings (SSSR count). The van der Waals surface area contributed by atoms with E-state index >= 15 is 0 Å². The van der Waals surface area contributed by atoms with Gasteiger partial charge in [0.05, 0.1) is 12.5 Å². The smallest absolute Gasteiger partial charge is 0.326 e. The fourth-order valence-corrected chi connectivity index (χ4v) is 3.36. The SMILES string of the molecule is CSCCC(NC(=O)C(N)CCCN=C(N)N)C(=O)NC(C(=O)NC(CC(N)=O)C(=O)O)C(C)C. The van der Waals surface area contributed by atoms with Crippen molar-refractivity contribution in [3.63, 3.8) is 0 Å². The van der Waals surface area contributed by atoms with Gasteiger partial charge in [-0.15, -0.1) is 0 Å². The second-order valence-corrected chi connectivity index (χ2v) is 9.18. The molecule has 0 aliphatic rings. The summed E-state index contributed by atoms with van der Waals surface area (Å²) in [5.41, 5.74) is 21.5. The first-order chi connectivity index (χ1) is 16.3. The molecule has 0 heterocycles. The predicted molar refractivity (Wildman–Crippen MR) is 133 cm³/mol. The van der Waals surface area contributed by atoms with Crippen molar-refractivity contribution < 1.29 is 29.1 Å². The van der Waals surface area contributed by atoms with Crippen LogP contribution in [0.1, 0.15) is 39.5 Å². The number of nitrogens with two attached hydrogens (primary N) is 4. The lowest BCUT2D eigenvalue weighted by molar-refractivity contribution is -0.144. The van der Waals surface area contributed by atoms with Crippen LogP contribution in [0.15, 0.2) is 4.99 Å². The molecular formula is C20H38N8O6S. The van der Waals surface area contributed by atoms with Crippen molar-refractivity contribution in [1.29, 1.82) is 0 Å². The van der Waals surface area contributed by atoms with E-state index < -0.39 is 66.1 Å². The zero-order valence-electron chi connectivity index (χ0n) is 20.3. The molecule has 4 unspecified atom stereocenters. The number of primary amides is 1. The molecule has 200 valence electrons. The number of carbonyl (C=O) groups excluding carboxylic acids is 4. The number of carboxylic acids is 1. The minimum atomic E-state index is -1.54. The number of guanidine groups is 1. The fraction of sp³-hybridized carbons (Fsp3) is 0.700. The van der Waals surface area contributed by atoms with E-state index in [1.54, 1.807) is 13.8 Å². The lowest BCUT2D eigenvalue weighted by Gasteiger charge is -2.27. The van der Waals surface area contributed by atoms with Crippen molar-refractivity contribution in [2.45, 2.75) is 63.7 Å². The lowest BCUT2D eigenvalue weighted by atomic mass is 10.0. The van der Waals surface area contributed by atoms with Crippen molar-refractivity contribution in [3.8, 4) is 0 Å². The largest absolute Gasteiger partial charge is 0.480 e. The molecule has 0 radical (unpaired) electrons.